The Morgan fingerprint density at radius 3 is 2.00 bits per heavy atom. The van der Waals surface area contributed by atoms with Crippen LogP contribution in [0.4, 0.5) is 4.79 Å². The van der Waals surface area contributed by atoms with Crippen LogP contribution >= 0.6 is 0 Å². The lowest BCUT2D eigenvalue weighted by molar-refractivity contribution is -0.145. The Balaban J connectivity index is 1.79. The van der Waals surface area contributed by atoms with Gasteiger partial charge in [-0.3, -0.25) is 19.2 Å². The van der Waals surface area contributed by atoms with Crippen molar-refractivity contribution in [2.75, 3.05) is 25.9 Å². The molecule has 3 fully saturated rings. The Kier molecular flexibility index (Phi) is 11.5. The van der Waals surface area contributed by atoms with Gasteiger partial charge in [0.25, 0.3) is 5.91 Å². The highest BCUT2D eigenvalue weighted by Crippen LogP contribution is 2.65. The fourth-order valence-corrected chi connectivity index (χ4v) is 8.25. The van der Waals surface area contributed by atoms with Gasteiger partial charge in [-0.1, -0.05) is 53.9 Å². The number of piperidine rings is 1. The van der Waals surface area contributed by atoms with Gasteiger partial charge in [-0.15, -0.1) is 0 Å². The molecule has 2 aliphatic carbocycles. The Hall–Kier alpha value is -2.74. The summed E-state index contributed by atoms with van der Waals surface area (Å²) < 4.78 is 26.7. The maximum absolute atomic E-state index is 14.2. The summed E-state index contributed by atoms with van der Waals surface area (Å²) in [6.45, 7) is 20.5. The van der Waals surface area contributed by atoms with Crippen molar-refractivity contribution in [3.63, 3.8) is 0 Å². The van der Waals surface area contributed by atoms with Crippen LogP contribution < -0.4 is 21.3 Å². The average Bonchev–Trinajstić information content (AvgIpc) is 3.22. The molecular weight excluding hydrogens is 636 g/mol. The lowest BCUT2D eigenvalue weighted by Crippen LogP contribution is -2.62. The van der Waals surface area contributed by atoms with Gasteiger partial charge in [0.05, 0.1) is 11.8 Å². The minimum absolute atomic E-state index is 0.0680. The Morgan fingerprint density at radius 2 is 1.52 bits per heavy atom. The third-order valence-corrected chi connectivity index (χ3v) is 12.4. The summed E-state index contributed by atoms with van der Waals surface area (Å²) in [4.78, 5) is 69.3. The molecule has 4 N–H and O–H groups in total. The van der Waals surface area contributed by atoms with Crippen molar-refractivity contribution in [2.24, 2.45) is 28.6 Å². The molecule has 13 nitrogen and oxygen atoms in total. The summed E-state index contributed by atoms with van der Waals surface area (Å²) in [5.41, 5.74) is -2.05. The smallest absolute Gasteiger partial charge is 0.315 e. The highest BCUT2D eigenvalue weighted by molar-refractivity contribution is 7.89. The largest absolute Gasteiger partial charge is 0.348 e. The van der Waals surface area contributed by atoms with Crippen LogP contribution in [0.3, 0.4) is 0 Å². The number of amides is 5. The molecule has 0 spiro atoms. The first-order valence-electron chi connectivity index (χ1n) is 17.2. The van der Waals surface area contributed by atoms with E-state index in [4.69, 9.17) is 0 Å². The van der Waals surface area contributed by atoms with E-state index in [1.807, 2.05) is 41.5 Å². The van der Waals surface area contributed by atoms with E-state index in [-0.39, 0.29) is 47.8 Å². The second-order valence-corrected chi connectivity index (χ2v) is 19.8. The third kappa shape index (κ3) is 9.28. The molecule has 1 aliphatic heterocycles. The quantitative estimate of drug-likeness (QED) is 0.227. The standard InChI is InChI=1S/C34H60N6O7S/c1-31(2,3)26(37-30(45)38-32(4,5)6)29(44)40-19-21-23(34(21,10)11)24(40)27(42)36-22(18-20-14-13-15-20)25(41)28(43)35-16-17-48(46,47)39(12)33(7,8)9/h20-24,26H,13-19H2,1-12H3,(H,35,43)(H,36,42)(H2,37,38,45)/t21?,22?,23?,24-,26+/m0/s1. The Morgan fingerprint density at radius 1 is 0.938 bits per heavy atom. The maximum atomic E-state index is 14.2. The predicted octanol–water partition coefficient (Wildman–Crippen LogP) is 2.40. The first-order valence-corrected chi connectivity index (χ1v) is 18.8. The number of nitrogens with one attached hydrogen (secondary N) is 4. The normalized spacial score (nSPS) is 23.8. The van der Waals surface area contributed by atoms with Crippen LogP contribution in [0.5, 0.6) is 0 Å². The van der Waals surface area contributed by atoms with Crippen molar-refractivity contribution in [3.05, 3.63) is 0 Å². The van der Waals surface area contributed by atoms with Crippen LogP contribution in [0.2, 0.25) is 0 Å². The van der Waals surface area contributed by atoms with Crippen LogP contribution in [-0.2, 0) is 29.2 Å². The second-order valence-electron chi connectivity index (χ2n) is 17.7. The minimum Gasteiger partial charge on any atom is -0.348 e. The van der Waals surface area contributed by atoms with E-state index in [0.29, 0.717) is 6.54 Å². The average molecular weight is 697 g/mol. The number of likely N-dealkylation sites (tertiary alicyclic amines) is 1. The number of urea groups is 1. The van der Waals surface area contributed by atoms with E-state index in [1.165, 1.54) is 16.3 Å². The zero-order chi connectivity index (χ0) is 36.8. The number of ketones is 1. The van der Waals surface area contributed by atoms with E-state index in [1.54, 1.807) is 20.8 Å². The lowest BCUT2D eigenvalue weighted by Gasteiger charge is -2.38. The molecule has 3 rings (SSSR count). The number of hydrogen-bond donors (Lipinski definition) is 4. The zero-order valence-corrected chi connectivity index (χ0v) is 31.9. The van der Waals surface area contributed by atoms with Crippen molar-refractivity contribution in [3.8, 4) is 0 Å². The molecule has 1 saturated heterocycles. The van der Waals surface area contributed by atoms with E-state index in [0.717, 1.165) is 19.3 Å². The second kappa shape index (κ2) is 13.9. The number of Topliss-reactive ketones (excluding diaryl/α,β-unsaturated/α-hetero) is 1. The fourth-order valence-electron chi connectivity index (χ4n) is 6.78. The fraction of sp³-hybridized carbons (Fsp3) is 0.853. The van der Waals surface area contributed by atoms with Gasteiger partial charge in [0.15, 0.2) is 0 Å². The summed E-state index contributed by atoms with van der Waals surface area (Å²) in [7, 11) is -2.23. The van der Waals surface area contributed by atoms with Crippen LogP contribution in [0.1, 0.15) is 102 Å². The molecule has 48 heavy (non-hydrogen) atoms. The van der Waals surface area contributed by atoms with Crippen LogP contribution in [0, 0.1) is 28.6 Å². The highest BCUT2D eigenvalue weighted by Gasteiger charge is 2.70. The molecule has 274 valence electrons. The lowest BCUT2D eigenvalue weighted by atomic mass is 9.80. The van der Waals surface area contributed by atoms with Gasteiger partial charge in [-0.25, -0.2) is 13.2 Å². The van der Waals surface area contributed by atoms with Crippen LogP contribution in [0.15, 0.2) is 0 Å². The highest BCUT2D eigenvalue weighted by atomic mass is 32.2. The van der Waals surface area contributed by atoms with Crippen LogP contribution in [0.25, 0.3) is 0 Å². The molecule has 5 amide bonds. The summed E-state index contributed by atoms with van der Waals surface area (Å²) in [5.74, 6) is -2.99. The summed E-state index contributed by atoms with van der Waals surface area (Å²) >= 11 is 0. The molecule has 1 heterocycles. The molecule has 14 heteroatoms. The molecule has 3 unspecified atom stereocenters. The van der Waals surface area contributed by atoms with Crippen LogP contribution in [-0.4, -0.2) is 102 Å². The number of rotatable bonds is 12. The maximum Gasteiger partial charge on any atom is 0.315 e. The van der Waals surface area contributed by atoms with E-state index in [2.05, 4.69) is 35.1 Å². The summed E-state index contributed by atoms with van der Waals surface area (Å²) in [6.07, 6.45) is 3.03. The van der Waals surface area contributed by atoms with Crippen molar-refractivity contribution in [2.45, 2.75) is 131 Å². The topological polar surface area (TPSA) is 174 Å². The SMILES string of the molecule is CN(C(C)(C)C)S(=O)(=O)CCNC(=O)C(=O)C(CC1CCC1)NC(=O)[C@@H]1C2C(CN1C(=O)[C@@H](NC(=O)NC(C)(C)C)C(C)(C)C)C2(C)C. The molecule has 0 aromatic heterocycles. The van der Waals surface area contributed by atoms with E-state index < -0.39 is 68.3 Å². The molecule has 0 bridgehead atoms. The van der Waals surface area contributed by atoms with E-state index in [9.17, 15) is 32.4 Å². The number of fused-ring (bicyclic) bond motifs is 1. The van der Waals surface area contributed by atoms with Gasteiger partial charge in [0.1, 0.15) is 12.1 Å². The minimum atomic E-state index is -3.70. The zero-order valence-electron chi connectivity index (χ0n) is 31.1. The number of hydrogen-bond acceptors (Lipinski definition) is 7. The Labute approximate surface area is 287 Å². The predicted molar refractivity (Wildman–Crippen MR) is 184 cm³/mol. The van der Waals surface area contributed by atoms with Crippen molar-refractivity contribution < 1.29 is 32.4 Å². The molecule has 3 aliphatic rings. The molecular formula is C34H60N6O7S. The molecule has 0 aromatic carbocycles. The number of nitrogens with zero attached hydrogens (tertiary/aromatic N) is 2. The summed E-state index contributed by atoms with van der Waals surface area (Å²) in [5, 5.41) is 11.0. The van der Waals surface area contributed by atoms with Crippen molar-refractivity contribution in [1.82, 2.24) is 30.5 Å². The first-order chi connectivity index (χ1) is 21.7. The Bertz CT molecular complexity index is 1370. The third-order valence-electron chi connectivity index (χ3n) is 10.3. The molecule has 2 saturated carbocycles. The van der Waals surface area contributed by atoms with E-state index >= 15 is 0 Å². The summed E-state index contributed by atoms with van der Waals surface area (Å²) in [6, 6.07) is -3.42. The molecule has 5 atom stereocenters. The van der Waals surface area contributed by atoms with Gasteiger partial charge in [-0.2, -0.15) is 4.31 Å². The van der Waals surface area contributed by atoms with Gasteiger partial charge < -0.3 is 26.2 Å². The van der Waals surface area contributed by atoms with Gasteiger partial charge >= 0.3 is 6.03 Å². The molecule has 0 radical (unpaired) electrons. The van der Waals surface area contributed by atoms with Crippen molar-refractivity contribution >= 4 is 39.6 Å². The van der Waals surface area contributed by atoms with Crippen molar-refractivity contribution in [1.29, 1.82) is 0 Å². The number of carbonyl (C=O) groups is 5. The molecule has 0 aromatic rings. The monoisotopic (exact) mass is 696 g/mol. The first kappa shape index (κ1) is 39.7. The van der Waals surface area contributed by atoms with Gasteiger partial charge in [-0.05, 0) is 76.5 Å². The number of sulfonamides is 1. The van der Waals surface area contributed by atoms with Gasteiger partial charge in [0, 0.05) is 31.2 Å². The van der Waals surface area contributed by atoms with Gasteiger partial charge in [0.2, 0.25) is 27.6 Å². The number of carbonyl (C=O) groups excluding carboxylic acids is 5.